The molecule has 0 aliphatic rings. The molecule has 7 nitrogen and oxygen atoms in total. The number of nitrogens with zero attached hydrogens (tertiary/aromatic N) is 1. The van der Waals surface area contributed by atoms with Crippen LogP contribution >= 0.6 is 0 Å². The van der Waals surface area contributed by atoms with E-state index in [9.17, 15) is 9.59 Å². The van der Waals surface area contributed by atoms with Crippen LogP contribution in [0.25, 0.3) is 0 Å². The first-order valence-electron chi connectivity index (χ1n) is 8.49. The van der Waals surface area contributed by atoms with Crippen molar-refractivity contribution >= 4 is 23.4 Å². The van der Waals surface area contributed by atoms with E-state index in [1.165, 1.54) is 0 Å². The SMILES string of the molecule is Cc1cc(NC(=O)CNC(C(=O)Nc2ccccc2)c2ccccc2)on1. The van der Waals surface area contributed by atoms with E-state index in [0.717, 1.165) is 5.56 Å². The van der Waals surface area contributed by atoms with Crippen molar-refractivity contribution < 1.29 is 14.1 Å². The molecule has 0 spiro atoms. The molecule has 2 aromatic carbocycles. The predicted octanol–water partition coefficient (Wildman–Crippen LogP) is 2.89. The molecule has 1 unspecified atom stereocenters. The lowest BCUT2D eigenvalue weighted by molar-refractivity contribution is -0.119. The molecule has 138 valence electrons. The Morgan fingerprint density at radius 3 is 2.30 bits per heavy atom. The molecule has 1 aromatic heterocycles. The number of nitrogens with one attached hydrogen (secondary N) is 3. The molecule has 0 fully saturated rings. The number of amides is 2. The van der Waals surface area contributed by atoms with Gasteiger partial charge in [-0.3, -0.25) is 20.2 Å². The Bertz CT molecular complexity index is 894. The third-order valence-corrected chi connectivity index (χ3v) is 3.79. The zero-order valence-electron chi connectivity index (χ0n) is 14.8. The standard InChI is InChI=1S/C20H20N4O3/c1-14-12-18(27-24-14)23-17(25)13-21-19(15-8-4-2-5-9-15)20(26)22-16-10-6-3-7-11-16/h2-12,19,21H,13H2,1H3,(H,22,26)(H,23,25). The Labute approximate surface area is 156 Å². The molecule has 3 rings (SSSR count). The maximum atomic E-state index is 12.8. The second-order valence-corrected chi connectivity index (χ2v) is 5.96. The summed E-state index contributed by atoms with van der Waals surface area (Å²) in [5.41, 5.74) is 2.11. The number of anilines is 2. The minimum atomic E-state index is -0.686. The van der Waals surface area contributed by atoms with Gasteiger partial charge in [-0.1, -0.05) is 53.7 Å². The lowest BCUT2D eigenvalue weighted by atomic mass is 10.1. The van der Waals surface area contributed by atoms with Gasteiger partial charge in [-0.05, 0) is 24.6 Å². The summed E-state index contributed by atoms with van der Waals surface area (Å²) < 4.78 is 4.96. The van der Waals surface area contributed by atoms with E-state index in [4.69, 9.17) is 4.52 Å². The van der Waals surface area contributed by atoms with Crippen LogP contribution < -0.4 is 16.0 Å². The summed E-state index contributed by atoms with van der Waals surface area (Å²) in [5.74, 6) is -0.320. The van der Waals surface area contributed by atoms with E-state index < -0.39 is 6.04 Å². The van der Waals surface area contributed by atoms with Crippen LogP contribution in [0.2, 0.25) is 0 Å². The molecular formula is C20H20N4O3. The van der Waals surface area contributed by atoms with E-state index in [-0.39, 0.29) is 24.2 Å². The van der Waals surface area contributed by atoms with Crippen LogP contribution in [0.5, 0.6) is 0 Å². The lowest BCUT2D eigenvalue weighted by Crippen LogP contribution is -2.37. The quantitative estimate of drug-likeness (QED) is 0.599. The molecule has 0 saturated carbocycles. The van der Waals surface area contributed by atoms with Crippen LogP contribution in [0.3, 0.4) is 0 Å². The minimum absolute atomic E-state index is 0.0679. The monoisotopic (exact) mass is 364 g/mol. The highest BCUT2D eigenvalue weighted by Crippen LogP contribution is 2.16. The summed E-state index contributed by atoms with van der Waals surface area (Å²) in [6, 6.07) is 19.3. The number of carbonyl (C=O) groups is 2. The van der Waals surface area contributed by atoms with Crippen LogP contribution in [-0.2, 0) is 9.59 Å². The average molecular weight is 364 g/mol. The second-order valence-electron chi connectivity index (χ2n) is 5.96. The Morgan fingerprint density at radius 2 is 1.67 bits per heavy atom. The van der Waals surface area contributed by atoms with Gasteiger partial charge in [0.1, 0.15) is 6.04 Å². The maximum absolute atomic E-state index is 12.8. The molecule has 0 aliphatic carbocycles. The summed E-state index contributed by atoms with van der Waals surface area (Å²) in [6.07, 6.45) is 0. The van der Waals surface area contributed by atoms with Gasteiger partial charge in [-0.25, -0.2) is 0 Å². The zero-order valence-corrected chi connectivity index (χ0v) is 14.8. The number of aryl methyl sites for hydroxylation is 1. The number of aromatic nitrogens is 1. The van der Waals surface area contributed by atoms with Gasteiger partial charge in [0.05, 0.1) is 12.2 Å². The van der Waals surface area contributed by atoms with Crippen LogP contribution in [0, 0.1) is 6.92 Å². The molecule has 0 bridgehead atoms. The zero-order chi connectivity index (χ0) is 19.1. The van der Waals surface area contributed by atoms with Crippen LogP contribution in [0.4, 0.5) is 11.6 Å². The van der Waals surface area contributed by atoms with E-state index in [1.807, 2.05) is 48.5 Å². The smallest absolute Gasteiger partial charge is 0.246 e. The fourth-order valence-electron chi connectivity index (χ4n) is 2.54. The molecule has 3 aromatic rings. The highest BCUT2D eigenvalue weighted by molar-refractivity contribution is 5.96. The Balaban J connectivity index is 1.66. The van der Waals surface area contributed by atoms with E-state index in [2.05, 4.69) is 21.1 Å². The maximum Gasteiger partial charge on any atom is 0.246 e. The largest absolute Gasteiger partial charge is 0.338 e. The Hall–Kier alpha value is -3.45. The normalized spacial score (nSPS) is 11.6. The first-order chi connectivity index (χ1) is 13.1. The highest BCUT2D eigenvalue weighted by atomic mass is 16.5. The van der Waals surface area contributed by atoms with Gasteiger partial charge in [-0.2, -0.15) is 0 Å². The van der Waals surface area contributed by atoms with Gasteiger partial charge in [-0.15, -0.1) is 0 Å². The minimum Gasteiger partial charge on any atom is -0.338 e. The third-order valence-electron chi connectivity index (χ3n) is 3.79. The van der Waals surface area contributed by atoms with Crippen LogP contribution in [-0.4, -0.2) is 23.5 Å². The average Bonchev–Trinajstić information content (AvgIpc) is 3.08. The van der Waals surface area contributed by atoms with E-state index in [0.29, 0.717) is 11.4 Å². The van der Waals surface area contributed by atoms with Crippen molar-refractivity contribution in [1.29, 1.82) is 0 Å². The molecule has 0 saturated heterocycles. The second kappa shape index (κ2) is 8.77. The Morgan fingerprint density at radius 1 is 1.00 bits per heavy atom. The van der Waals surface area contributed by atoms with Gasteiger partial charge in [0.2, 0.25) is 17.7 Å². The van der Waals surface area contributed by atoms with Crippen molar-refractivity contribution in [3.05, 3.63) is 78.0 Å². The first-order valence-corrected chi connectivity index (χ1v) is 8.49. The molecule has 2 amide bonds. The molecule has 3 N–H and O–H groups in total. The van der Waals surface area contributed by atoms with Gasteiger partial charge in [0.15, 0.2) is 0 Å². The van der Waals surface area contributed by atoms with Crippen LogP contribution in [0.15, 0.2) is 71.3 Å². The van der Waals surface area contributed by atoms with Crippen molar-refractivity contribution in [2.75, 3.05) is 17.2 Å². The summed E-state index contributed by atoms with van der Waals surface area (Å²) in [4.78, 5) is 24.9. The highest BCUT2D eigenvalue weighted by Gasteiger charge is 2.21. The van der Waals surface area contributed by atoms with Crippen molar-refractivity contribution in [2.45, 2.75) is 13.0 Å². The van der Waals surface area contributed by atoms with E-state index in [1.54, 1.807) is 25.1 Å². The molecule has 27 heavy (non-hydrogen) atoms. The molecule has 7 heteroatoms. The molecule has 1 atom stereocenters. The van der Waals surface area contributed by atoms with E-state index >= 15 is 0 Å². The summed E-state index contributed by atoms with van der Waals surface area (Å²) >= 11 is 0. The number of hydrogen-bond acceptors (Lipinski definition) is 5. The van der Waals surface area contributed by atoms with Crippen LogP contribution in [0.1, 0.15) is 17.3 Å². The van der Waals surface area contributed by atoms with Crippen molar-refractivity contribution in [3.63, 3.8) is 0 Å². The topological polar surface area (TPSA) is 96.3 Å². The summed E-state index contributed by atoms with van der Waals surface area (Å²) in [7, 11) is 0. The van der Waals surface area contributed by atoms with Crippen molar-refractivity contribution in [3.8, 4) is 0 Å². The third kappa shape index (κ3) is 5.26. The molecule has 1 heterocycles. The number of rotatable bonds is 7. The fourth-order valence-corrected chi connectivity index (χ4v) is 2.54. The van der Waals surface area contributed by atoms with Crippen molar-refractivity contribution in [1.82, 2.24) is 10.5 Å². The van der Waals surface area contributed by atoms with Gasteiger partial charge in [0, 0.05) is 11.8 Å². The summed E-state index contributed by atoms with van der Waals surface area (Å²) in [6.45, 7) is 1.69. The van der Waals surface area contributed by atoms with Gasteiger partial charge in [0.25, 0.3) is 0 Å². The fraction of sp³-hybridized carbons (Fsp3) is 0.150. The molecular weight excluding hydrogens is 344 g/mol. The molecule has 0 radical (unpaired) electrons. The lowest BCUT2D eigenvalue weighted by Gasteiger charge is -2.18. The number of benzene rings is 2. The molecule has 0 aliphatic heterocycles. The number of carbonyl (C=O) groups excluding carboxylic acids is 2. The first kappa shape index (κ1) is 18.3. The van der Waals surface area contributed by atoms with Crippen molar-refractivity contribution in [2.24, 2.45) is 0 Å². The van der Waals surface area contributed by atoms with Gasteiger partial charge < -0.3 is 9.84 Å². The Kier molecular flexibility index (Phi) is 5.96. The summed E-state index contributed by atoms with van der Waals surface area (Å²) in [5, 5.41) is 12.2. The predicted molar refractivity (Wildman–Crippen MR) is 102 cm³/mol. The number of para-hydroxylation sites is 1. The number of hydrogen-bond donors (Lipinski definition) is 3. The van der Waals surface area contributed by atoms with Gasteiger partial charge >= 0.3 is 0 Å².